The van der Waals surface area contributed by atoms with Crippen LogP contribution in [0.2, 0.25) is 0 Å². The van der Waals surface area contributed by atoms with Gasteiger partial charge >= 0.3 is 6.03 Å². The van der Waals surface area contributed by atoms with Crippen molar-refractivity contribution in [1.82, 2.24) is 10.2 Å². The van der Waals surface area contributed by atoms with Gasteiger partial charge in [0, 0.05) is 42.9 Å². The molecular formula is C24H30N4O2. The molecule has 2 N–H and O–H groups in total. The average molecular weight is 407 g/mol. The van der Waals surface area contributed by atoms with Gasteiger partial charge in [-0.15, -0.1) is 0 Å². The Morgan fingerprint density at radius 1 is 1.10 bits per heavy atom. The topological polar surface area (TPSA) is 60.8 Å². The maximum atomic E-state index is 12.5. The molecule has 0 spiro atoms. The summed E-state index contributed by atoms with van der Waals surface area (Å²) in [5.74, 6) is 0.740. The number of hydrogen-bond donors (Lipinski definition) is 2. The standard InChI is InChI=1S/C24H30N4O2/c1-4-27-11-13-28(14-12-27)20-9-10-21(17(2)15-20)26-24(29)25-18(3)23-16-19-7-5-6-8-22(19)30-23/h5-10,15-16,18H,4,11-14H2,1-3H3,(H2,25,26,29). The Kier molecular flexibility index (Phi) is 5.95. The van der Waals surface area contributed by atoms with E-state index >= 15 is 0 Å². The van der Waals surface area contributed by atoms with E-state index in [0.29, 0.717) is 0 Å². The summed E-state index contributed by atoms with van der Waals surface area (Å²) in [6, 6.07) is 15.6. The van der Waals surface area contributed by atoms with Gasteiger partial charge in [-0.2, -0.15) is 0 Å². The number of rotatable bonds is 5. The van der Waals surface area contributed by atoms with Gasteiger partial charge < -0.3 is 24.9 Å². The maximum Gasteiger partial charge on any atom is 0.319 e. The summed E-state index contributed by atoms with van der Waals surface area (Å²) in [6.07, 6.45) is 0. The molecule has 0 bridgehead atoms. The monoisotopic (exact) mass is 406 g/mol. The molecule has 0 aliphatic carbocycles. The highest BCUT2D eigenvalue weighted by Crippen LogP contribution is 2.25. The van der Waals surface area contributed by atoms with Crippen molar-refractivity contribution in [3.8, 4) is 0 Å². The molecule has 1 saturated heterocycles. The van der Waals surface area contributed by atoms with Crippen molar-refractivity contribution in [1.29, 1.82) is 0 Å². The van der Waals surface area contributed by atoms with E-state index in [1.54, 1.807) is 0 Å². The number of urea groups is 1. The Labute approximate surface area is 177 Å². The number of carbonyl (C=O) groups excluding carboxylic acids is 1. The smallest absolute Gasteiger partial charge is 0.319 e. The van der Waals surface area contributed by atoms with Gasteiger partial charge in [-0.3, -0.25) is 0 Å². The average Bonchev–Trinajstić information content (AvgIpc) is 3.20. The Hall–Kier alpha value is -2.99. The molecule has 6 heteroatoms. The molecule has 2 heterocycles. The molecule has 1 unspecified atom stereocenters. The molecule has 2 aromatic carbocycles. The van der Waals surface area contributed by atoms with Crippen LogP contribution in [0.3, 0.4) is 0 Å². The number of anilines is 2. The van der Waals surface area contributed by atoms with E-state index in [4.69, 9.17) is 4.42 Å². The molecule has 3 aromatic rings. The highest BCUT2D eigenvalue weighted by atomic mass is 16.3. The van der Waals surface area contributed by atoms with Crippen LogP contribution in [0.1, 0.15) is 31.2 Å². The van der Waals surface area contributed by atoms with E-state index < -0.39 is 0 Å². The number of nitrogens with zero attached hydrogens (tertiary/aromatic N) is 2. The molecule has 6 nitrogen and oxygen atoms in total. The van der Waals surface area contributed by atoms with Crippen LogP contribution in [0.25, 0.3) is 11.0 Å². The van der Waals surface area contributed by atoms with E-state index in [1.807, 2.05) is 50.2 Å². The Morgan fingerprint density at radius 2 is 1.87 bits per heavy atom. The van der Waals surface area contributed by atoms with Crippen LogP contribution in [0.4, 0.5) is 16.2 Å². The lowest BCUT2D eigenvalue weighted by molar-refractivity contribution is 0.248. The lowest BCUT2D eigenvalue weighted by Gasteiger charge is -2.35. The number of aryl methyl sites for hydroxylation is 1. The summed E-state index contributed by atoms with van der Waals surface area (Å²) >= 11 is 0. The Balaban J connectivity index is 1.37. The number of fused-ring (bicyclic) bond motifs is 1. The minimum Gasteiger partial charge on any atom is -0.459 e. The summed E-state index contributed by atoms with van der Waals surface area (Å²) < 4.78 is 5.85. The van der Waals surface area contributed by atoms with Crippen LogP contribution in [0, 0.1) is 6.92 Å². The molecule has 30 heavy (non-hydrogen) atoms. The summed E-state index contributed by atoms with van der Waals surface area (Å²) in [5.41, 5.74) is 3.91. The summed E-state index contributed by atoms with van der Waals surface area (Å²) in [6.45, 7) is 11.5. The zero-order valence-corrected chi connectivity index (χ0v) is 17.9. The number of benzene rings is 2. The molecule has 1 aliphatic heterocycles. The normalized spacial score (nSPS) is 15.9. The molecule has 158 valence electrons. The predicted octanol–water partition coefficient (Wildman–Crippen LogP) is 4.77. The zero-order chi connectivity index (χ0) is 21.1. The number of para-hydroxylation sites is 1. The van der Waals surface area contributed by atoms with E-state index in [2.05, 4.69) is 39.5 Å². The Morgan fingerprint density at radius 3 is 2.57 bits per heavy atom. The third-order valence-electron chi connectivity index (χ3n) is 5.86. The minimum absolute atomic E-state index is 0.230. The zero-order valence-electron chi connectivity index (χ0n) is 17.9. The van der Waals surface area contributed by atoms with Gasteiger partial charge in [0.1, 0.15) is 11.3 Å². The van der Waals surface area contributed by atoms with E-state index in [9.17, 15) is 4.79 Å². The van der Waals surface area contributed by atoms with Crippen LogP contribution >= 0.6 is 0 Å². The quantitative estimate of drug-likeness (QED) is 0.641. The molecule has 1 aromatic heterocycles. The lowest BCUT2D eigenvalue weighted by atomic mass is 10.1. The molecule has 1 fully saturated rings. The fourth-order valence-corrected chi connectivity index (χ4v) is 3.95. The predicted molar refractivity (Wildman–Crippen MR) is 122 cm³/mol. The fraction of sp³-hybridized carbons (Fsp3) is 0.375. The molecule has 1 aliphatic rings. The van der Waals surface area contributed by atoms with Crippen LogP contribution in [0.15, 0.2) is 52.9 Å². The highest BCUT2D eigenvalue weighted by molar-refractivity contribution is 5.90. The fourth-order valence-electron chi connectivity index (χ4n) is 3.95. The van der Waals surface area contributed by atoms with Crippen molar-refractivity contribution in [3.63, 3.8) is 0 Å². The first-order valence-corrected chi connectivity index (χ1v) is 10.7. The first-order valence-electron chi connectivity index (χ1n) is 10.7. The second kappa shape index (κ2) is 8.79. The third-order valence-corrected chi connectivity index (χ3v) is 5.86. The summed E-state index contributed by atoms with van der Waals surface area (Å²) in [4.78, 5) is 17.4. The SMILES string of the molecule is CCN1CCN(c2ccc(NC(=O)NC(C)c3cc4ccccc4o3)c(C)c2)CC1. The number of carbonyl (C=O) groups is 1. The van der Waals surface area contributed by atoms with Crippen molar-refractivity contribution in [2.75, 3.05) is 42.9 Å². The molecular weight excluding hydrogens is 376 g/mol. The van der Waals surface area contributed by atoms with Crippen LogP contribution < -0.4 is 15.5 Å². The highest BCUT2D eigenvalue weighted by Gasteiger charge is 2.18. The molecule has 0 saturated carbocycles. The van der Waals surface area contributed by atoms with Gasteiger partial charge in [0.2, 0.25) is 0 Å². The van der Waals surface area contributed by atoms with Crippen LogP contribution in [-0.4, -0.2) is 43.7 Å². The number of likely N-dealkylation sites (N-methyl/N-ethyl adjacent to an activating group) is 1. The number of nitrogens with one attached hydrogen (secondary N) is 2. The van der Waals surface area contributed by atoms with Crippen molar-refractivity contribution in [2.24, 2.45) is 0 Å². The van der Waals surface area contributed by atoms with Crippen molar-refractivity contribution in [2.45, 2.75) is 26.8 Å². The minimum atomic E-state index is -0.240. The van der Waals surface area contributed by atoms with Gasteiger partial charge in [-0.1, -0.05) is 25.1 Å². The number of piperazine rings is 1. The molecule has 1 atom stereocenters. The first-order chi connectivity index (χ1) is 14.5. The van der Waals surface area contributed by atoms with Crippen molar-refractivity contribution < 1.29 is 9.21 Å². The summed E-state index contributed by atoms with van der Waals surface area (Å²) in [5, 5.41) is 6.97. The first kappa shape index (κ1) is 20.3. The lowest BCUT2D eigenvalue weighted by Crippen LogP contribution is -2.46. The molecule has 4 rings (SSSR count). The van der Waals surface area contributed by atoms with Gasteiger partial charge in [-0.25, -0.2) is 4.79 Å². The van der Waals surface area contributed by atoms with Crippen LogP contribution in [0.5, 0.6) is 0 Å². The number of furan rings is 1. The van der Waals surface area contributed by atoms with E-state index in [-0.39, 0.29) is 12.1 Å². The van der Waals surface area contributed by atoms with Crippen molar-refractivity contribution in [3.05, 3.63) is 59.9 Å². The number of hydrogen-bond acceptors (Lipinski definition) is 4. The Bertz CT molecular complexity index is 988. The van der Waals surface area contributed by atoms with Gasteiger partial charge in [-0.05, 0) is 56.3 Å². The second-order valence-corrected chi connectivity index (χ2v) is 7.93. The summed E-state index contributed by atoms with van der Waals surface area (Å²) in [7, 11) is 0. The second-order valence-electron chi connectivity index (χ2n) is 7.93. The molecule has 0 radical (unpaired) electrons. The van der Waals surface area contributed by atoms with Gasteiger partial charge in [0.25, 0.3) is 0 Å². The third kappa shape index (κ3) is 4.44. The van der Waals surface area contributed by atoms with Crippen molar-refractivity contribution >= 4 is 28.4 Å². The number of amides is 2. The van der Waals surface area contributed by atoms with Gasteiger partial charge in [0.05, 0.1) is 6.04 Å². The maximum absolute atomic E-state index is 12.5. The molecule has 2 amide bonds. The van der Waals surface area contributed by atoms with E-state index in [1.165, 1.54) is 5.69 Å². The van der Waals surface area contributed by atoms with Crippen LogP contribution in [-0.2, 0) is 0 Å². The largest absolute Gasteiger partial charge is 0.459 e. The van der Waals surface area contributed by atoms with E-state index in [0.717, 1.165) is 60.7 Å². The van der Waals surface area contributed by atoms with Gasteiger partial charge in [0.15, 0.2) is 0 Å².